The minimum atomic E-state index is -0.567. The highest BCUT2D eigenvalue weighted by atomic mass is 16.3. The molecule has 2 nitrogen and oxygen atoms in total. The zero-order chi connectivity index (χ0) is 11.2. The zero-order valence-corrected chi connectivity index (χ0v) is 10.1. The van der Waals surface area contributed by atoms with E-state index in [1.54, 1.807) is 0 Å². The van der Waals surface area contributed by atoms with E-state index in [-0.39, 0.29) is 6.10 Å². The van der Waals surface area contributed by atoms with Gasteiger partial charge in [-0.1, -0.05) is 27.2 Å². The van der Waals surface area contributed by atoms with Crippen molar-refractivity contribution in [3.63, 3.8) is 0 Å². The molecule has 0 aliphatic carbocycles. The Kier molecular flexibility index (Phi) is 6.38. The molecule has 0 amide bonds. The Bertz CT molecular complexity index is 143. The van der Waals surface area contributed by atoms with Crippen LogP contribution in [0.15, 0.2) is 0 Å². The molecule has 0 aliphatic rings. The standard InChI is InChI=1S/C12H26O2/c1-5-10(12(4,14)7-3)8-9-11(13)6-2/h10-11,13-14H,5-9H2,1-4H3. The first-order valence-corrected chi connectivity index (χ1v) is 5.88. The van der Waals surface area contributed by atoms with Crippen LogP contribution in [0.5, 0.6) is 0 Å². The fourth-order valence-electron chi connectivity index (χ4n) is 1.84. The normalized spacial score (nSPS) is 20.1. The van der Waals surface area contributed by atoms with Crippen molar-refractivity contribution in [2.45, 2.75) is 71.5 Å². The topological polar surface area (TPSA) is 40.5 Å². The van der Waals surface area contributed by atoms with Gasteiger partial charge >= 0.3 is 0 Å². The molecule has 3 unspecified atom stereocenters. The molecule has 2 N–H and O–H groups in total. The van der Waals surface area contributed by atoms with Crippen LogP contribution in [0, 0.1) is 5.92 Å². The van der Waals surface area contributed by atoms with Gasteiger partial charge in [0.05, 0.1) is 11.7 Å². The third-order valence-electron chi connectivity index (χ3n) is 3.41. The molecule has 0 rings (SSSR count). The Morgan fingerprint density at radius 3 is 2.00 bits per heavy atom. The molecule has 3 atom stereocenters. The molecule has 0 aromatic heterocycles. The van der Waals surface area contributed by atoms with Gasteiger partial charge in [0.1, 0.15) is 0 Å². The highest BCUT2D eigenvalue weighted by Crippen LogP contribution is 2.28. The molecule has 0 heterocycles. The van der Waals surface area contributed by atoms with Gasteiger partial charge in [-0.15, -0.1) is 0 Å². The molecular weight excluding hydrogens is 176 g/mol. The van der Waals surface area contributed by atoms with Gasteiger partial charge in [0, 0.05) is 0 Å². The van der Waals surface area contributed by atoms with Crippen LogP contribution in [0.1, 0.15) is 59.8 Å². The Hall–Kier alpha value is -0.0800. The van der Waals surface area contributed by atoms with E-state index in [4.69, 9.17) is 0 Å². The first-order chi connectivity index (χ1) is 6.47. The van der Waals surface area contributed by atoms with Crippen LogP contribution >= 0.6 is 0 Å². The number of hydrogen-bond acceptors (Lipinski definition) is 2. The molecule has 0 aromatic rings. The summed E-state index contributed by atoms with van der Waals surface area (Å²) in [6.45, 7) is 8.01. The SMILES string of the molecule is CCC(O)CCC(CC)C(C)(O)CC. The zero-order valence-electron chi connectivity index (χ0n) is 10.1. The molecule has 2 heteroatoms. The third kappa shape index (κ3) is 4.43. The average Bonchev–Trinajstić information content (AvgIpc) is 2.18. The van der Waals surface area contributed by atoms with Crippen molar-refractivity contribution in [2.75, 3.05) is 0 Å². The van der Waals surface area contributed by atoms with Gasteiger partial charge in [0.25, 0.3) is 0 Å². The Morgan fingerprint density at radius 1 is 1.07 bits per heavy atom. The lowest BCUT2D eigenvalue weighted by molar-refractivity contribution is -0.0151. The van der Waals surface area contributed by atoms with Crippen molar-refractivity contribution in [3.8, 4) is 0 Å². The maximum atomic E-state index is 10.1. The van der Waals surface area contributed by atoms with Gasteiger partial charge in [-0.25, -0.2) is 0 Å². The van der Waals surface area contributed by atoms with E-state index < -0.39 is 5.60 Å². The van der Waals surface area contributed by atoms with Crippen molar-refractivity contribution in [1.82, 2.24) is 0 Å². The van der Waals surface area contributed by atoms with Crippen LogP contribution in [-0.4, -0.2) is 21.9 Å². The minimum Gasteiger partial charge on any atom is -0.393 e. The summed E-state index contributed by atoms with van der Waals surface area (Å²) in [5, 5.41) is 19.5. The number of aliphatic hydroxyl groups is 2. The van der Waals surface area contributed by atoms with Crippen LogP contribution in [0.2, 0.25) is 0 Å². The van der Waals surface area contributed by atoms with Crippen molar-refractivity contribution in [1.29, 1.82) is 0 Å². The second-order valence-electron chi connectivity index (χ2n) is 4.46. The lowest BCUT2D eigenvalue weighted by Gasteiger charge is -2.31. The highest BCUT2D eigenvalue weighted by molar-refractivity contribution is 4.80. The van der Waals surface area contributed by atoms with E-state index in [0.29, 0.717) is 5.92 Å². The Morgan fingerprint density at radius 2 is 1.64 bits per heavy atom. The van der Waals surface area contributed by atoms with Crippen molar-refractivity contribution in [2.24, 2.45) is 5.92 Å². The summed E-state index contributed by atoms with van der Waals surface area (Å²) in [7, 11) is 0. The summed E-state index contributed by atoms with van der Waals surface area (Å²) in [6.07, 6.45) is 4.12. The van der Waals surface area contributed by atoms with Crippen molar-refractivity contribution >= 4 is 0 Å². The molecule has 0 aromatic carbocycles. The molecule has 86 valence electrons. The molecule has 0 fully saturated rings. The number of aliphatic hydroxyl groups excluding tert-OH is 1. The number of hydrogen-bond donors (Lipinski definition) is 2. The van der Waals surface area contributed by atoms with Crippen LogP contribution in [-0.2, 0) is 0 Å². The van der Waals surface area contributed by atoms with Crippen LogP contribution < -0.4 is 0 Å². The largest absolute Gasteiger partial charge is 0.393 e. The fourth-order valence-corrected chi connectivity index (χ4v) is 1.84. The maximum Gasteiger partial charge on any atom is 0.0645 e. The van der Waals surface area contributed by atoms with E-state index in [1.165, 1.54) is 0 Å². The van der Waals surface area contributed by atoms with Gasteiger partial charge in [-0.2, -0.15) is 0 Å². The minimum absolute atomic E-state index is 0.197. The smallest absolute Gasteiger partial charge is 0.0645 e. The van der Waals surface area contributed by atoms with E-state index in [2.05, 4.69) is 6.92 Å². The van der Waals surface area contributed by atoms with Crippen LogP contribution in [0.25, 0.3) is 0 Å². The summed E-state index contributed by atoms with van der Waals surface area (Å²) in [4.78, 5) is 0. The lowest BCUT2D eigenvalue weighted by atomic mass is 9.81. The van der Waals surface area contributed by atoms with Gasteiger partial charge < -0.3 is 10.2 Å². The Balaban J connectivity index is 4.03. The van der Waals surface area contributed by atoms with E-state index in [9.17, 15) is 10.2 Å². The summed E-state index contributed by atoms with van der Waals surface area (Å²) in [6, 6.07) is 0. The second kappa shape index (κ2) is 6.41. The summed E-state index contributed by atoms with van der Waals surface area (Å²) in [5.74, 6) is 0.314. The molecule has 0 saturated carbocycles. The molecule has 0 aliphatic heterocycles. The number of rotatable bonds is 7. The molecule has 0 spiro atoms. The van der Waals surface area contributed by atoms with Gasteiger partial charge in [-0.3, -0.25) is 0 Å². The molecule has 0 saturated heterocycles. The summed E-state index contributed by atoms with van der Waals surface area (Å²) >= 11 is 0. The van der Waals surface area contributed by atoms with Gasteiger partial charge in [0.15, 0.2) is 0 Å². The molecule has 14 heavy (non-hydrogen) atoms. The van der Waals surface area contributed by atoms with Gasteiger partial charge in [0.2, 0.25) is 0 Å². The molecule has 0 bridgehead atoms. The van der Waals surface area contributed by atoms with Crippen molar-refractivity contribution in [3.05, 3.63) is 0 Å². The average molecular weight is 202 g/mol. The van der Waals surface area contributed by atoms with Gasteiger partial charge in [-0.05, 0) is 38.5 Å². The van der Waals surface area contributed by atoms with Crippen LogP contribution in [0.4, 0.5) is 0 Å². The molecule has 0 radical (unpaired) electrons. The fraction of sp³-hybridized carbons (Fsp3) is 1.00. The van der Waals surface area contributed by atoms with Crippen LogP contribution in [0.3, 0.4) is 0 Å². The van der Waals surface area contributed by atoms with Crippen molar-refractivity contribution < 1.29 is 10.2 Å². The van der Waals surface area contributed by atoms with E-state index in [1.807, 2.05) is 20.8 Å². The molecular formula is C12H26O2. The first-order valence-electron chi connectivity index (χ1n) is 5.88. The second-order valence-corrected chi connectivity index (χ2v) is 4.46. The Labute approximate surface area is 88.3 Å². The maximum absolute atomic E-state index is 10.1. The lowest BCUT2D eigenvalue weighted by Crippen LogP contribution is -2.34. The predicted molar refractivity (Wildman–Crippen MR) is 60.2 cm³/mol. The first kappa shape index (κ1) is 13.9. The monoisotopic (exact) mass is 202 g/mol. The highest BCUT2D eigenvalue weighted by Gasteiger charge is 2.28. The summed E-state index contributed by atoms with van der Waals surface area (Å²) < 4.78 is 0. The summed E-state index contributed by atoms with van der Waals surface area (Å²) in [5.41, 5.74) is -0.567. The predicted octanol–water partition coefficient (Wildman–Crippen LogP) is 2.72. The van der Waals surface area contributed by atoms with E-state index >= 15 is 0 Å². The quantitative estimate of drug-likeness (QED) is 0.666. The third-order valence-corrected chi connectivity index (χ3v) is 3.41. The van der Waals surface area contributed by atoms with E-state index in [0.717, 1.165) is 32.1 Å².